The monoisotopic (exact) mass is 285 g/mol. The van der Waals surface area contributed by atoms with Gasteiger partial charge in [0.05, 0.1) is 19.3 Å². The first kappa shape index (κ1) is 15.1. The number of aliphatic hydroxyl groups is 1. The van der Waals surface area contributed by atoms with Gasteiger partial charge in [-0.2, -0.15) is 0 Å². The molecule has 1 heterocycles. The first-order valence-electron chi connectivity index (χ1n) is 7.14. The molecule has 0 aromatic heterocycles. The largest absolute Gasteiger partial charge is 0.409 e. The summed E-state index contributed by atoms with van der Waals surface area (Å²) >= 11 is 0. The average molecular weight is 285 g/mol. The van der Waals surface area contributed by atoms with E-state index in [-0.39, 0.29) is 24.5 Å². The summed E-state index contributed by atoms with van der Waals surface area (Å²) in [6.45, 7) is 1.13. The predicted octanol–water partition coefficient (Wildman–Crippen LogP) is -0.0970. The average Bonchev–Trinajstić information content (AvgIpc) is 2.54. The first-order chi connectivity index (χ1) is 9.64. The highest BCUT2D eigenvalue weighted by atomic mass is 16.5. The third-order valence-electron chi connectivity index (χ3n) is 4.34. The molecule has 4 N–H and O–H groups in total. The van der Waals surface area contributed by atoms with Crippen LogP contribution in [0.25, 0.3) is 0 Å². The lowest BCUT2D eigenvalue weighted by Crippen LogP contribution is -2.56. The minimum Gasteiger partial charge on any atom is -0.409 e. The number of aliphatic hydroxyl groups excluding tert-OH is 1. The Morgan fingerprint density at radius 3 is 2.70 bits per heavy atom. The predicted molar refractivity (Wildman–Crippen MR) is 72.3 cm³/mol. The second-order valence-electron chi connectivity index (χ2n) is 5.55. The van der Waals surface area contributed by atoms with Gasteiger partial charge in [0.15, 0.2) is 5.84 Å². The van der Waals surface area contributed by atoms with E-state index in [1.165, 1.54) is 0 Å². The molecule has 1 atom stereocenters. The normalized spacial score (nSPS) is 27.4. The van der Waals surface area contributed by atoms with Crippen molar-refractivity contribution in [3.8, 4) is 0 Å². The van der Waals surface area contributed by atoms with E-state index in [1.807, 2.05) is 0 Å². The Bertz CT molecular complexity index is 380. The zero-order valence-electron chi connectivity index (χ0n) is 11.6. The van der Waals surface area contributed by atoms with E-state index in [0.29, 0.717) is 32.5 Å². The highest BCUT2D eigenvalue weighted by molar-refractivity contribution is 6.06. The van der Waals surface area contributed by atoms with Crippen LogP contribution in [0, 0.1) is 5.41 Å². The number of amidine groups is 1. The van der Waals surface area contributed by atoms with Crippen molar-refractivity contribution in [2.75, 3.05) is 26.3 Å². The van der Waals surface area contributed by atoms with Crippen molar-refractivity contribution < 1.29 is 19.8 Å². The van der Waals surface area contributed by atoms with Crippen LogP contribution >= 0.6 is 0 Å². The highest BCUT2D eigenvalue weighted by Gasteiger charge is 2.46. The van der Waals surface area contributed by atoms with E-state index >= 15 is 0 Å². The van der Waals surface area contributed by atoms with Crippen LogP contribution in [0.5, 0.6) is 0 Å². The SMILES string of the molecule is NC(=NO)C1(C(=O)N2CCOC(CO)C2)CCCCC1. The smallest absolute Gasteiger partial charge is 0.236 e. The number of nitrogens with two attached hydrogens (primary N) is 1. The van der Waals surface area contributed by atoms with Crippen molar-refractivity contribution in [2.24, 2.45) is 16.3 Å². The summed E-state index contributed by atoms with van der Waals surface area (Å²) in [5.41, 5.74) is 4.94. The molecule has 0 bridgehead atoms. The zero-order valence-corrected chi connectivity index (χ0v) is 11.6. The summed E-state index contributed by atoms with van der Waals surface area (Å²) in [5.74, 6) is -0.0940. The minimum atomic E-state index is -0.885. The standard InChI is InChI=1S/C13H23N3O4/c14-11(15-19)13(4-2-1-3-5-13)12(18)16-6-7-20-10(8-16)9-17/h10,17,19H,1-9H2,(H2,14,15). The number of morpholine rings is 1. The quantitative estimate of drug-likeness (QED) is 0.290. The van der Waals surface area contributed by atoms with Gasteiger partial charge < -0.3 is 25.7 Å². The lowest BCUT2D eigenvalue weighted by molar-refractivity contribution is -0.148. The van der Waals surface area contributed by atoms with Gasteiger partial charge in [0.25, 0.3) is 0 Å². The molecule has 7 heteroatoms. The van der Waals surface area contributed by atoms with Gasteiger partial charge in [-0.1, -0.05) is 24.4 Å². The van der Waals surface area contributed by atoms with Crippen LogP contribution in [0.2, 0.25) is 0 Å². The number of hydrogen-bond donors (Lipinski definition) is 3. The molecular formula is C13H23N3O4. The fraction of sp³-hybridized carbons (Fsp3) is 0.846. The molecule has 1 unspecified atom stereocenters. The Morgan fingerprint density at radius 2 is 2.10 bits per heavy atom. The molecule has 2 rings (SSSR count). The highest BCUT2D eigenvalue weighted by Crippen LogP contribution is 2.38. The molecule has 1 aliphatic carbocycles. The van der Waals surface area contributed by atoms with Crippen LogP contribution < -0.4 is 5.73 Å². The van der Waals surface area contributed by atoms with Crippen molar-refractivity contribution >= 4 is 11.7 Å². The van der Waals surface area contributed by atoms with Crippen molar-refractivity contribution in [3.05, 3.63) is 0 Å². The second kappa shape index (κ2) is 6.41. The van der Waals surface area contributed by atoms with E-state index in [9.17, 15) is 4.79 Å². The van der Waals surface area contributed by atoms with Crippen LogP contribution in [0.1, 0.15) is 32.1 Å². The third kappa shape index (κ3) is 2.73. The molecule has 0 aromatic carbocycles. The number of nitrogens with zero attached hydrogens (tertiary/aromatic N) is 2. The zero-order chi connectivity index (χ0) is 14.6. The molecule has 20 heavy (non-hydrogen) atoms. The van der Waals surface area contributed by atoms with Gasteiger partial charge in [-0.25, -0.2) is 0 Å². The molecule has 2 aliphatic rings. The number of ether oxygens (including phenoxy) is 1. The van der Waals surface area contributed by atoms with Crippen LogP contribution in [0.15, 0.2) is 5.16 Å². The summed E-state index contributed by atoms with van der Waals surface area (Å²) in [6.07, 6.45) is 3.74. The number of carbonyl (C=O) groups excluding carboxylic acids is 1. The summed E-state index contributed by atoms with van der Waals surface area (Å²) in [5, 5.41) is 21.3. The van der Waals surface area contributed by atoms with E-state index in [4.69, 9.17) is 20.8 Å². The fourth-order valence-corrected chi connectivity index (χ4v) is 3.15. The molecule has 0 spiro atoms. The lowest BCUT2D eigenvalue weighted by Gasteiger charge is -2.41. The van der Waals surface area contributed by atoms with Gasteiger partial charge in [-0.15, -0.1) is 0 Å². The Hall–Kier alpha value is -1.34. The molecule has 1 amide bonds. The van der Waals surface area contributed by atoms with Gasteiger partial charge in [0, 0.05) is 13.1 Å². The molecule has 2 fully saturated rings. The molecule has 1 saturated heterocycles. The molecule has 0 aromatic rings. The van der Waals surface area contributed by atoms with Crippen LogP contribution in [0.3, 0.4) is 0 Å². The Kier molecular flexibility index (Phi) is 4.82. The van der Waals surface area contributed by atoms with E-state index in [0.717, 1.165) is 19.3 Å². The van der Waals surface area contributed by atoms with Crippen LogP contribution in [-0.4, -0.2) is 59.4 Å². The van der Waals surface area contributed by atoms with Crippen LogP contribution in [-0.2, 0) is 9.53 Å². The number of amides is 1. The number of oxime groups is 1. The Balaban J connectivity index is 2.18. The molecule has 114 valence electrons. The van der Waals surface area contributed by atoms with Gasteiger partial charge in [0.2, 0.25) is 5.91 Å². The van der Waals surface area contributed by atoms with Crippen molar-refractivity contribution in [1.82, 2.24) is 4.90 Å². The van der Waals surface area contributed by atoms with Gasteiger partial charge in [-0.3, -0.25) is 4.79 Å². The maximum Gasteiger partial charge on any atom is 0.236 e. The lowest BCUT2D eigenvalue weighted by atomic mass is 9.72. The maximum atomic E-state index is 12.9. The minimum absolute atomic E-state index is 0.00856. The summed E-state index contributed by atoms with van der Waals surface area (Å²) in [4.78, 5) is 14.5. The summed E-state index contributed by atoms with van der Waals surface area (Å²) in [6, 6.07) is 0. The molecular weight excluding hydrogens is 262 g/mol. The Morgan fingerprint density at radius 1 is 1.40 bits per heavy atom. The molecule has 7 nitrogen and oxygen atoms in total. The fourth-order valence-electron chi connectivity index (χ4n) is 3.15. The van der Waals surface area contributed by atoms with Crippen molar-refractivity contribution in [3.63, 3.8) is 0 Å². The van der Waals surface area contributed by atoms with E-state index < -0.39 is 5.41 Å². The molecule has 1 saturated carbocycles. The van der Waals surface area contributed by atoms with Gasteiger partial charge >= 0.3 is 0 Å². The van der Waals surface area contributed by atoms with E-state index in [1.54, 1.807) is 4.90 Å². The molecule has 0 radical (unpaired) electrons. The van der Waals surface area contributed by atoms with Gasteiger partial charge in [-0.05, 0) is 12.8 Å². The number of carbonyl (C=O) groups is 1. The topological polar surface area (TPSA) is 108 Å². The number of rotatable bonds is 3. The molecule has 1 aliphatic heterocycles. The summed E-state index contributed by atoms with van der Waals surface area (Å²) < 4.78 is 5.36. The first-order valence-corrected chi connectivity index (χ1v) is 7.14. The van der Waals surface area contributed by atoms with E-state index in [2.05, 4.69) is 5.16 Å². The third-order valence-corrected chi connectivity index (χ3v) is 4.34. The number of hydrogen-bond acceptors (Lipinski definition) is 5. The van der Waals surface area contributed by atoms with Crippen molar-refractivity contribution in [1.29, 1.82) is 0 Å². The van der Waals surface area contributed by atoms with Crippen molar-refractivity contribution in [2.45, 2.75) is 38.2 Å². The summed E-state index contributed by atoms with van der Waals surface area (Å²) in [7, 11) is 0. The Labute approximate surface area is 118 Å². The van der Waals surface area contributed by atoms with Crippen LogP contribution in [0.4, 0.5) is 0 Å². The second-order valence-corrected chi connectivity index (χ2v) is 5.55. The maximum absolute atomic E-state index is 12.9. The van der Waals surface area contributed by atoms with Gasteiger partial charge in [0.1, 0.15) is 5.41 Å².